The molecule has 6 rings (SSSR count). The molecule has 0 amide bonds. The maximum Gasteiger partial charge on any atom is 1.00 e. The molecule has 0 N–H and O–H groups in total. The van der Waals surface area contributed by atoms with E-state index in [2.05, 4.69) is 42.4 Å². The predicted octanol–water partition coefficient (Wildman–Crippen LogP) is 6.64. The number of hydrogen-bond acceptors (Lipinski definition) is 7. The molecule has 0 bridgehead atoms. The van der Waals surface area contributed by atoms with Gasteiger partial charge >= 0.3 is 29.6 Å². The Labute approximate surface area is 303 Å². The fraction of sp³-hybridized carbons (Fsp3) is 0.0938. The van der Waals surface area contributed by atoms with Gasteiger partial charge in [-0.1, -0.05) is 22.6 Å². The molecule has 0 aliphatic carbocycles. The maximum absolute atomic E-state index is 12.6. The average Bonchev–Trinajstić information content (AvgIpc) is 3.86. The van der Waals surface area contributed by atoms with E-state index in [1.807, 2.05) is 0 Å². The summed E-state index contributed by atoms with van der Waals surface area (Å²) >= 11 is 7.78. The summed E-state index contributed by atoms with van der Waals surface area (Å²) in [5, 5.41) is 6.25. The summed E-state index contributed by atoms with van der Waals surface area (Å²) in [7, 11) is 0. The van der Waals surface area contributed by atoms with Gasteiger partial charge in [0, 0.05) is 21.1 Å². The van der Waals surface area contributed by atoms with E-state index in [1.54, 1.807) is 42.7 Å². The second-order valence-electron chi connectivity index (χ2n) is 8.54. The van der Waals surface area contributed by atoms with Crippen LogP contribution >= 0.6 is 34.2 Å². The summed E-state index contributed by atoms with van der Waals surface area (Å²) in [6.45, 7) is 11.6. The zero-order valence-corrected chi connectivity index (χ0v) is 29.0. The number of halogens is 5. The van der Waals surface area contributed by atoms with Crippen LogP contribution in [0, 0.1) is 35.9 Å². The Morgan fingerprint density at radius 2 is 0.957 bits per heavy atom. The molecule has 0 aliphatic rings. The van der Waals surface area contributed by atoms with Crippen molar-refractivity contribution in [2.24, 2.45) is 0 Å². The van der Waals surface area contributed by atoms with Gasteiger partial charge in [-0.3, -0.25) is 0 Å². The molecular weight excluding hydrogens is 745 g/mol. The van der Waals surface area contributed by atoms with Crippen molar-refractivity contribution in [3.05, 3.63) is 144 Å². The van der Waals surface area contributed by atoms with Crippen molar-refractivity contribution in [2.45, 2.75) is 16.9 Å². The molecule has 3 aromatic carbocycles. The largest absolute Gasteiger partial charge is 1.00 e. The van der Waals surface area contributed by atoms with Gasteiger partial charge < -0.3 is 29.9 Å². The zero-order valence-electron chi connectivity index (χ0n) is 24.1. The van der Waals surface area contributed by atoms with Crippen molar-refractivity contribution in [3.63, 3.8) is 0 Å². The Hall–Kier alpha value is -3.92. The molecule has 228 valence electrons. The molecule has 3 heterocycles. The first-order valence-corrected chi connectivity index (χ1v) is 14.7. The van der Waals surface area contributed by atoms with Crippen LogP contribution in [0.4, 0.5) is 13.2 Å². The van der Waals surface area contributed by atoms with Gasteiger partial charge in [0.05, 0.1) is 17.3 Å². The van der Waals surface area contributed by atoms with E-state index in [0.717, 1.165) is 21.2 Å². The number of benzene rings is 3. The van der Waals surface area contributed by atoms with E-state index >= 15 is 0 Å². The molecule has 0 saturated carbocycles. The van der Waals surface area contributed by atoms with Crippen LogP contribution in [0.25, 0.3) is 39.2 Å². The molecular formula is C32H21ClF3IN5NaO3. The van der Waals surface area contributed by atoms with E-state index in [1.165, 1.54) is 48.9 Å². The van der Waals surface area contributed by atoms with Crippen LogP contribution in [0.5, 0.6) is 0 Å². The zero-order chi connectivity index (χ0) is 32.6. The predicted molar refractivity (Wildman–Crippen MR) is 168 cm³/mol. The number of oxazole rings is 3. The van der Waals surface area contributed by atoms with E-state index in [-0.39, 0.29) is 53.6 Å². The van der Waals surface area contributed by atoms with Gasteiger partial charge in [-0.25, -0.2) is 34.7 Å². The monoisotopic (exact) mass is 765 g/mol. The number of rotatable bonds is 6. The van der Waals surface area contributed by atoms with Crippen molar-refractivity contribution >= 4 is 34.2 Å². The van der Waals surface area contributed by atoms with Crippen LogP contribution in [0.15, 0.2) is 105 Å². The fourth-order valence-corrected chi connectivity index (χ4v) is 3.85. The molecule has 0 saturated heterocycles. The number of hydrogen-bond donors (Lipinski definition) is 0. The van der Waals surface area contributed by atoms with Crippen molar-refractivity contribution in [2.75, 3.05) is 0 Å². The van der Waals surface area contributed by atoms with Crippen LogP contribution < -0.4 is 29.6 Å². The molecule has 0 unspecified atom stereocenters. The molecule has 0 aliphatic heterocycles. The van der Waals surface area contributed by atoms with Gasteiger partial charge in [0.2, 0.25) is 17.7 Å². The van der Waals surface area contributed by atoms with E-state index in [9.17, 15) is 13.2 Å². The van der Waals surface area contributed by atoms with Crippen molar-refractivity contribution < 1.29 is 56.0 Å². The SMILES string of the molecule is Fc1ccc(-c2nc(CCl)co2)cc1.Fc1ccc(-c2nc(CI)co2)cc1.[C-]#N.[C-]#[N+]Cc1coc(-c2ccc(F)cc2)n1.[Na+]. The minimum Gasteiger partial charge on any atom is -0.512 e. The molecule has 3 aromatic heterocycles. The Morgan fingerprint density at radius 1 is 0.630 bits per heavy atom. The smallest absolute Gasteiger partial charge is 0.512 e. The number of aromatic nitrogens is 3. The number of nitrogens with zero attached hydrogens (tertiary/aromatic N) is 5. The Balaban J connectivity index is 0.000000231. The maximum atomic E-state index is 12.6. The summed E-state index contributed by atoms with van der Waals surface area (Å²) in [4.78, 5) is 15.6. The van der Waals surface area contributed by atoms with Crippen molar-refractivity contribution in [3.8, 4) is 34.4 Å². The van der Waals surface area contributed by atoms with E-state index < -0.39 is 0 Å². The summed E-state index contributed by atoms with van der Waals surface area (Å²) < 4.78 is 54.2. The van der Waals surface area contributed by atoms with Crippen LogP contribution in [0.3, 0.4) is 0 Å². The first-order chi connectivity index (χ1) is 21.9. The standard InChI is InChI=1S/C11H7FN2O.C10H7ClFNO.C10H7FINO.CN.Na/c1-13-6-10-7-15-11(14-10)8-2-4-9(12)5-3-8;11-5-9-6-14-10(13-9)7-1-3-8(12)4-2-7;11-8-3-1-7(2-4-8)10-13-9(5-12)6-14-10;1-2;/h2-5,7H,6H2;2*1-4,6H,5H2;;/q;;;-1;+1. The molecule has 0 fully saturated rings. The minimum atomic E-state index is -0.299. The van der Waals surface area contributed by atoms with E-state index in [0.29, 0.717) is 40.5 Å². The van der Waals surface area contributed by atoms with Crippen molar-refractivity contribution in [1.29, 1.82) is 5.26 Å². The second-order valence-corrected chi connectivity index (χ2v) is 9.57. The third-order valence-electron chi connectivity index (χ3n) is 5.44. The Kier molecular flexibility index (Phi) is 16.8. The van der Waals surface area contributed by atoms with Gasteiger partial charge in [0.15, 0.2) is 5.69 Å². The molecule has 0 atom stereocenters. The number of alkyl halides is 2. The summed E-state index contributed by atoms with van der Waals surface area (Å²) in [5.41, 5.74) is 4.39. The van der Waals surface area contributed by atoms with Gasteiger partial charge in [0.1, 0.15) is 36.2 Å². The third kappa shape index (κ3) is 11.8. The van der Waals surface area contributed by atoms with Crippen molar-refractivity contribution in [1.82, 2.24) is 15.0 Å². The Morgan fingerprint density at radius 3 is 1.26 bits per heavy atom. The topological polar surface area (TPSA) is 106 Å². The average molecular weight is 766 g/mol. The van der Waals surface area contributed by atoms with Crippen LogP contribution in [0.2, 0.25) is 0 Å². The minimum absolute atomic E-state index is 0. The van der Waals surface area contributed by atoms with Gasteiger partial charge in [-0.05, 0) is 72.8 Å². The van der Waals surface area contributed by atoms with Crippen LogP contribution in [0.1, 0.15) is 17.1 Å². The van der Waals surface area contributed by atoms with Gasteiger partial charge in [-0.2, -0.15) is 0 Å². The molecule has 0 spiro atoms. The van der Waals surface area contributed by atoms with Crippen LogP contribution in [-0.2, 0) is 16.9 Å². The third-order valence-corrected chi connectivity index (χ3v) is 6.50. The normalized spacial score (nSPS) is 9.61. The summed E-state index contributed by atoms with van der Waals surface area (Å²) in [5.74, 6) is 0.884. The molecule has 0 radical (unpaired) electrons. The van der Waals surface area contributed by atoms with Gasteiger partial charge in [0.25, 0.3) is 6.54 Å². The Bertz CT molecular complexity index is 1740. The fourth-order valence-electron chi connectivity index (χ4n) is 3.37. The molecule has 8 nitrogen and oxygen atoms in total. The van der Waals surface area contributed by atoms with Gasteiger partial charge in [-0.15, -0.1) is 11.6 Å². The second kappa shape index (κ2) is 20.3. The quantitative estimate of drug-likeness (QED) is 0.0811. The first-order valence-electron chi connectivity index (χ1n) is 12.7. The summed E-state index contributed by atoms with van der Waals surface area (Å²) in [6.07, 6.45) is 4.55. The molecule has 14 heteroatoms. The van der Waals surface area contributed by atoms with E-state index in [4.69, 9.17) is 43.3 Å². The first kappa shape index (κ1) is 38.3. The molecule has 46 heavy (non-hydrogen) atoms. The molecule has 6 aromatic rings. The van der Waals surface area contributed by atoms with Crippen LogP contribution in [-0.4, -0.2) is 15.0 Å². The summed E-state index contributed by atoms with van der Waals surface area (Å²) in [6, 6.07) is 17.9.